The number of hydrogen-bond donors (Lipinski definition) is 1. The van der Waals surface area contributed by atoms with Gasteiger partial charge in [0.2, 0.25) is 0 Å². The Labute approximate surface area is 134 Å². The first-order valence-corrected chi connectivity index (χ1v) is 8.78. The Morgan fingerprint density at radius 1 is 1.24 bits per heavy atom. The van der Waals surface area contributed by atoms with E-state index in [0.29, 0.717) is 12.1 Å². The number of nitrogens with one attached hydrogen (secondary N) is 1. The number of rotatable bonds is 6. The van der Waals surface area contributed by atoms with Crippen LogP contribution < -0.4 is 5.32 Å². The summed E-state index contributed by atoms with van der Waals surface area (Å²) < 4.78 is 0. The van der Waals surface area contributed by atoms with Gasteiger partial charge in [-0.2, -0.15) is 0 Å². The minimum atomic E-state index is 0.522. The zero-order chi connectivity index (χ0) is 15.1. The molecule has 21 heavy (non-hydrogen) atoms. The van der Waals surface area contributed by atoms with Crippen LogP contribution in [-0.4, -0.2) is 36.6 Å². The maximum Gasteiger partial charge on any atom is 0.0406 e. The molecule has 1 saturated heterocycles. The summed E-state index contributed by atoms with van der Waals surface area (Å²) in [5.41, 5.74) is 1.36. The van der Waals surface area contributed by atoms with Crippen LogP contribution in [0.15, 0.2) is 24.3 Å². The van der Waals surface area contributed by atoms with E-state index in [9.17, 15) is 0 Å². The van der Waals surface area contributed by atoms with Gasteiger partial charge in [-0.25, -0.2) is 0 Å². The van der Waals surface area contributed by atoms with Crippen LogP contribution in [0.4, 0.5) is 0 Å². The fourth-order valence-corrected chi connectivity index (χ4v) is 3.42. The Hall–Kier alpha value is -0.570. The Morgan fingerprint density at radius 2 is 2.00 bits per heavy atom. The molecule has 2 nitrogen and oxygen atoms in total. The van der Waals surface area contributed by atoms with Gasteiger partial charge in [0, 0.05) is 17.1 Å². The van der Waals surface area contributed by atoms with Gasteiger partial charge in [0.15, 0.2) is 0 Å². The SMILES string of the molecule is CCCN1CCCC(NC(C)Cc2ccc(Cl)cc2)CC1. The smallest absolute Gasteiger partial charge is 0.0406 e. The van der Waals surface area contributed by atoms with Crippen molar-refractivity contribution in [3.8, 4) is 0 Å². The molecule has 1 N–H and O–H groups in total. The maximum atomic E-state index is 5.94. The quantitative estimate of drug-likeness (QED) is 0.850. The largest absolute Gasteiger partial charge is 0.311 e. The molecule has 0 aromatic heterocycles. The molecule has 0 saturated carbocycles. The Kier molecular flexibility index (Phi) is 7.01. The monoisotopic (exact) mass is 308 g/mol. The highest BCUT2D eigenvalue weighted by Gasteiger charge is 2.17. The zero-order valence-corrected chi connectivity index (χ0v) is 14.2. The third kappa shape index (κ3) is 5.98. The van der Waals surface area contributed by atoms with Crippen LogP contribution in [0, 0.1) is 0 Å². The molecular weight excluding hydrogens is 280 g/mol. The van der Waals surface area contributed by atoms with Crippen LogP contribution in [0.1, 0.15) is 45.1 Å². The molecule has 0 amide bonds. The predicted octanol–water partition coefficient (Wildman–Crippen LogP) is 4.13. The van der Waals surface area contributed by atoms with Gasteiger partial charge in [0.25, 0.3) is 0 Å². The highest BCUT2D eigenvalue weighted by Crippen LogP contribution is 2.14. The lowest BCUT2D eigenvalue weighted by Gasteiger charge is -2.23. The molecule has 1 aromatic carbocycles. The highest BCUT2D eigenvalue weighted by atomic mass is 35.5. The predicted molar refractivity (Wildman–Crippen MR) is 92.1 cm³/mol. The fraction of sp³-hybridized carbons (Fsp3) is 0.667. The van der Waals surface area contributed by atoms with Crippen molar-refractivity contribution in [2.75, 3.05) is 19.6 Å². The zero-order valence-electron chi connectivity index (χ0n) is 13.4. The van der Waals surface area contributed by atoms with E-state index in [2.05, 4.69) is 36.2 Å². The van der Waals surface area contributed by atoms with Gasteiger partial charge in [-0.1, -0.05) is 30.7 Å². The van der Waals surface area contributed by atoms with E-state index in [4.69, 9.17) is 11.6 Å². The lowest BCUT2D eigenvalue weighted by atomic mass is 10.0. The standard InChI is InChI=1S/C18H29ClN2/c1-3-11-21-12-4-5-18(10-13-21)20-15(2)14-16-6-8-17(19)9-7-16/h6-9,15,18,20H,3-5,10-14H2,1-2H3. The molecule has 0 bridgehead atoms. The summed E-state index contributed by atoms with van der Waals surface area (Å²) in [6, 6.07) is 9.44. The van der Waals surface area contributed by atoms with Gasteiger partial charge < -0.3 is 10.2 Å². The average Bonchev–Trinajstić information content (AvgIpc) is 2.67. The van der Waals surface area contributed by atoms with Crippen LogP contribution in [0.3, 0.4) is 0 Å². The second-order valence-electron chi connectivity index (χ2n) is 6.37. The van der Waals surface area contributed by atoms with Crippen LogP contribution in [0.5, 0.6) is 0 Å². The molecule has 1 aromatic rings. The summed E-state index contributed by atoms with van der Waals surface area (Å²) in [6.07, 6.45) is 6.26. The van der Waals surface area contributed by atoms with Crippen molar-refractivity contribution >= 4 is 11.6 Å². The molecule has 1 aliphatic heterocycles. The van der Waals surface area contributed by atoms with Gasteiger partial charge in [-0.15, -0.1) is 0 Å². The molecular formula is C18H29ClN2. The summed E-state index contributed by atoms with van der Waals surface area (Å²) in [5.74, 6) is 0. The van der Waals surface area contributed by atoms with Gasteiger partial charge in [-0.3, -0.25) is 0 Å². The van der Waals surface area contributed by atoms with Crippen molar-refractivity contribution < 1.29 is 0 Å². The molecule has 1 heterocycles. The summed E-state index contributed by atoms with van der Waals surface area (Å²) in [5, 5.41) is 4.64. The number of benzene rings is 1. The van der Waals surface area contributed by atoms with E-state index >= 15 is 0 Å². The number of nitrogens with zero attached hydrogens (tertiary/aromatic N) is 1. The molecule has 3 heteroatoms. The Morgan fingerprint density at radius 3 is 2.71 bits per heavy atom. The molecule has 0 spiro atoms. The Bertz CT molecular complexity index is 404. The van der Waals surface area contributed by atoms with Crippen molar-refractivity contribution in [2.45, 2.75) is 58.0 Å². The average molecular weight is 309 g/mol. The first kappa shape index (κ1) is 16.8. The van der Waals surface area contributed by atoms with E-state index in [1.54, 1.807) is 0 Å². The summed E-state index contributed by atoms with van der Waals surface area (Å²) in [4.78, 5) is 2.62. The lowest BCUT2D eigenvalue weighted by molar-refractivity contribution is 0.281. The van der Waals surface area contributed by atoms with Crippen molar-refractivity contribution in [3.63, 3.8) is 0 Å². The van der Waals surface area contributed by atoms with Crippen molar-refractivity contribution in [2.24, 2.45) is 0 Å². The van der Waals surface area contributed by atoms with Gasteiger partial charge in [-0.05, 0) is 76.4 Å². The molecule has 118 valence electrons. The second kappa shape index (κ2) is 8.77. The third-order valence-corrected chi connectivity index (χ3v) is 4.59. The fourth-order valence-electron chi connectivity index (χ4n) is 3.30. The topological polar surface area (TPSA) is 15.3 Å². The molecule has 2 atom stereocenters. The molecule has 0 aliphatic carbocycles. The lowest BCUT2D eigenvalue weighted by Crippen LogP contribution is -2.38. The van der Waals surface area contributed by atoms with Crippen LogP contribution in [0.25, 0.3) is 0 Å². The maximum absolute atomic E-state index is 5.94. The summed E-state index contributed by atoms with van der Waals surface area (Å²) >= 11 is 5.94. The third-order valence-electron chi connectivity index (χ3n) is 4.34. The normalized spacial score (nSPS) is 22.0. The molecule has 2 rings (SSSR count). The number of likely N-dealkylation sites (tertiary alicyclic amines) is 1. The Balaban J connectivity index is 1.76. The van der Waals surface area contributed by atoms with E-state index in [1.807, 2.05) is 12.1 Å². The summed E-state index contributed by atoms with van der Waals surface area (Å²) in [7, 11) is 0. The van der Waals surface area contributed by atoms with E-state index in [-0.39, 0.29) is 0 Å². The molecule has 0 radical (unpaired) electrons. The first-order valence-electron chi connectivity index (χ1n) is 8.40. The minimum absolute atomic E-state index is 0.522. The highest BCUT2D eigenvalue weighted by molar-refractivity contribution is 6.30. The number of halogens is 1. The van der Waals surface area contributed by atoms with Crippen molar-refractivity contribution in [1.82, 2.24) is 10.2 Å². The minimum Gasteiger partial charge on any atom is -0.311 e. The van der Waals surface area contributed by atoms with Gasteiger partial charge in [0.05, 0.1) is 0 Å². The van der Waals surface area contributed by atoms with Gasteiger partial charge >= 0.3 is 0 Å². The second-order valence-corrected chi connectivity index (χ2v) is 6.80. The van der Waals surface area contributed by atoms with E-state index in [1.165, 1.54) is 50.9 Å². The molecule has 1 fully saturated rings. The van der Waals surface area contributed by atoms with Crippen LogP contribution in [0.2, 0.25) is 5.02 Å². The van der Waals surface area contributed by atoms with Crippen molar-refractivity contribution in [1.29, 1.82) is 0 Å². The van der Waals surface area contributed by atoms with Crippen molar-refractivity contribution in [3.05, 3.63) is 34.9 Å². The van der Waals surface area contributed by atoms with E-state index in [0.717, 1.165) is 11.4 Å². The van der Waals surface area contributed by atoms with Gasteiger partial charge in [0.1, 0.15) is 0 Å². The molecule has 2 unspecified atom stereocenters. The first-order chi connectivity index (χ1) is 10.2. The number of hydrogen-bond acceptors (Lipinski definition) is 2. The molecule has 1 aliphatic rings. The van der Waals surface area contributed by atoms with E-state index < -0.39 is 0 Å². The van der Waals surface area contributed by atoms with Crippen LogP contribution in [-0.2, 0) is 6.42 Å². The summed E-state index contributed by atoms with van der Waals surface area (Å²) in [6.45, 7) is 8.35. The van der Waals surface area contributed by atoms with Crippen LogP contribution >= 0.6 is 11.6 Å².